The van der Waals surface area contributed by atoms with Gasteiger partial charge < -0.3 is 10.4 Å². The van der Waals surface area contributed by atoms with Gasteiger partial charge in [0.15, 0.2) is 0 Å². The second-order valence-corrected chi connectivity index (χ2v) is 5.81. The Morgan fingerprint density at radius 3 is 2.40 bits per heavy atom. The summed E-state index contributed by atoms with van der Waals surface area (Å²) in [5.41, 5.74) is 1.46. The van der Waals surface area contributed by atoms with Crippen LogP contribution in [0.25, 0.3) is 0 Å². The zero-order valence-corrected chi connectivity index (χ0v) is 11.7. The molecule has 7 nitrogen and oxygen atoms in total. The molecule has 0 bridgehead atoms. The highest BCUT2D eigenvalue weighted by atomic mass is 32.2. The summed E-state index contributed by atoms with van der Waals surface area (Å²) in [5, 5.41) is 10.8. The number of anilines is 2. The van der Waals surface area contributed by atoms with Gasteiger partial charge in [-0.1, -0.05) is 0 Å². The smallest absolute Gasteiger partial charge is 0.328 e. The molecule has 1 aromatic rings. The van der Waals surface area contributed by atoms with Crippen LogP contribution >= 0.6 is 0 Å². The van der Waals surface area contributed by atoms with Crippen LogP contribution in [0.1, 0.15) is 5.56 Å². The fourth-order valence-electron chi connectivity index (χ4n) is 1.39. The Kier molecular flexibility index (Phi) is 4.87. The number of nitrogens with one attached hydrogen (secondary N) is 2. The van der Waals surface area contributed by atoms with Gasteiger partial charge in [0.05, 0.1) is 11.9 Å². The molecular formula is C12H14N2O5S. The number of hydrogen-bond donors (Lipinski definition) is 3. The Balaban J connectivity index is 2.83. The molecule has 0 heterocycles. The number of sulfonamides is 1. The summed E-state index contributed by atoms with van der Waals surface area (Å²) in [7, 11) is -3.37. The summed E-state index contributed by atoms with van der Waals surface area (Å²) in [6.07, 6.45) is 2.65. The van der Waals surface area contributed by atoms with Gasteiger partial charge in [0.2, 0.25) is 15.9 Å². The highest BCUT2D eigenvalue weighted by Crippen LogP contribution is 2.20. The van der Waals surface area contributed by atoms with Crippen molar-refractivity contribution in [3.05, 3.63) is 35.9 Å². The fourth-order valence-corrected chi connectivity index (χ4v) is 2.02. The predicted molar refractivity (Wildman–Crippen MR) is 75.1 cm³/mol. The van der Waals surface area contributed by atoms with Crippen molar-refractivity contribution >= 4 is 33.3 Å². The van der Waals surface area contributed by atoms with Crippen molar-refractivity contribution in [2.75, 3.05) is 16.3 Å². The van der Waals surface area contributed by atoms with E-state index in [0.29, 0.717) is 16.9 Å². The van der Waals surface area contributed by atoms with E-state index in [9.17, 15) is 18.0 Å². The molecule has 20 heavy (non-hydrogen) atoms. The average Bonchev–Trinajstić information content (AvgIpc) is 2.28. The summed E-state index contributed by atoms with van der Waals surface area (Å²) in [5.74, 6) is -1.81. The number of benzene rings is 1. The minimum atomic E-state index is -3.37. The largest absolute Gasteiger partial charge is 0.478 e. The molecule has 108 valence electrons. The van der Waals surface area contributed by atoms with Gasteiger partial charge in [-0.15, -0.1) is 0 Å². The van der Waals surface area contributed by atoms with E-state index in [4.69, 9.17) is 5.11 Å². The Morgan fingerprint density at radius 2 is 1.90 bits per heavy atom. The molecule has 0 fully saturated rings. The van der Waals surface area contributed by atoms with E-state index in [1.807, 2.05) is 0 Å². The summed E-state index contributed by atoms with van der Waals surface area (Å²) < 4.78 is 24.6. The number of carboxylic acid groups (broad SMARTS) is 1. The van der Waals surface area contributed by atoms with Gasteiger partial charge in [-0.2, -0.15) is 0 Å². The standard InChI is InChI=1S/C12H14N2O5S/c1-8-7-9(13-11(15)5-6-12(16)17)3-4-10(8)14-20(2,18)19/h3-7,14H,1-2H3,(H,13,15)(H,16,17)/b6-5+. The quantitative estimate of drug-likeness (QED) is 0.700. The number of carboxylic acids is 1. The maximum absolute atomic E-state index is 11.4. The first kappa shape index (κ1) is 15.7. The number of aliphatic carboxylic acids is 1. The minimum Gasteiger partial charge on any atom is -0.478 e. The Labute approximate surface area is 116 Å². The van der Waals surface area contributed by atoms with Crippen molar-refractivity contribution in [1.82, 2.24) is 0 Å². The van der Waals surface area contributed by atoms with E-state index in [1.165, 1.54) is 12.1 Å². The zero-order valence-electron chi connectivity index (χ0n) is 10.9. The third-order valence-electron chi connectivity index (χ3n) is 2.17. The zero-order chi connectivity index (χ0) is 15.3. The van der Waals surface area contributed by atoms with Crippen LogP contribution in [0.15, 0.2) is 30.4 Å². The molecule has 8 heteroatoms. The van der Waals surface area contributed by atoms with Gasteiger partial charge in [-0.25, -0.2) is 13.2 Å². The summed E-state index contributed by atoms with van der Waals surface area (Å²) in [6.45, 7) is 1.68. The number of carbonyl (C=O) groups is 2. The second-order valence-electron chi connectivity index (χ2n) is 4.06. The molecule has 0 aliphatic heterocycles. The molecule has 0 aliphatic rings. The van der Waals surface area contributed by atoms with Gasteiger partial charge in [0.1, 0.15) is 0 Å². The number of hydrogen-bond acceptors (Lipinski definition) is 4. The maximum atomic E-state index is 11.4. The van der Waals surface area contributed by atoms with Crippen molar-refractivity contribution < 1.29 is 23.1 Å². The van der Waals surface area contributed by atoms with E-state index in [-0.39, 0.29) is 0 Å². The Bertz CT molecular complexity index is 664. The monoisotopic (exact) mass is 298 g/mol. The van der Waals surface area contributed by atoms with Crippen LogP contribution in [0.4, 0.5) is 11.4 Å². The topological polar surface area (TPSA) is 113 Å². The van der Waals surface area contributed by atoms with Gasteiger partial charge in [0.25, 0.3) is 0 Å². The van der Waals surface area contributed by atoms with E-state index >= 15 is 0 Å². The van der Waals surface area contributed by atoms with Crippen LogP contribution in [0, 0.1) is 6.92 Å². The van der Waals surface area contributed by atoms with E-state index in [0.717, 1.165) is 18.4 Å². The number of carbonyl (C=O) groups excluding carboxylic acids is 1. The summed E-state index contributed by atoms with van der Waals surface area (Å²) >= 11 is 0. The fraction of sp³-hybridized carbons (Fsp3) is 0.167. The normalized spacial score (nSPS) is 11.3. The molecular weight excluding hydrogens is 284 g/mol. The average molecular weight is 298 g/mol. The minimum absolute atomic E-state index is 0.409. The second kappa shape index (κ2) is 6.20. The van der Waals surface area contributed by atoms with Gasteiger partial charge in [0, 0.05) is 17.8 Å². The SMILES string of the molecule is Cc1cc(NC(=O)/C=C/C(=O)O)ccc1NS(C)(=O)=O. The Morgan fingerprint density at radius 1 is 1.25 bits per heavy atom. The first-order chi connectivity index (χ1) is 9.17. The van der Waals surface area contributed by atoms with Crippen LogP contribution < -0.4 is 10.0 Å². The van der Waals surface area contributed by atoms with Crippen molar-refractivity contribution in [2.24, 2.45) is 0 Å². The molecule has 0 radical (unpaired) electrons. The highest BCUT2D eigenvalue weighted by molar-refractivity contribution is 7.92. The molecule has 0 unspecified atom stereocenters. The van der Waals surface area contributed by atoms with Crippen LogP contribution in [-0.2, 0) is 19.6 Å². The van der Waals surface area contributed by atoms with Crippen LogP contribution in [0.2, 0.25) is 0 Å². The third-order valence-corrected chi connectivity index (χ3v) is 2.76. The molecule has 0 atom stereocenters. The Hall–Kier alpha value is -2.35. The lowest BCUT2D eigenvalue weighted by atomic mass is 10.2. The van der Waals surface area contributed by atoms with E-state index in [1.54, 1.807) is 13.0 Å². The lowest BCUT2D eigenvalue weighted by Gasteiger charge is -2.09. The van der Waals surface area contributed by atoms with Crippen LogP contribution in [0.3, 0.4) is 0 Å². The first-order valence-corrected chi connectivity index (χ1v) is 7.37. The number of amides is 1. The lowest BCUT2D eigenvalue weighted by molar-refractivity contribution is -0.131. The lowest BCUT2D eigenvalue weighted by Crippen LogP contribution is -2.12. The third kappa shape index (κ3) is 5.53. The molecule has 0 aliphatic carbocycles. The molecule has 1 amide bonds. The predicted octanol–water partition coefficient (Wildman–Crippen LogP) is 0.946. The molecule has 1 aromatic carbocycles. The van der Waals surface area contributed by atoms with E-state index in [2.05, 4.69) is 10.0 Å². The first-order valence-electron chi connectivity index (χ1n) is 5.48. The molecule has 1 rings (SSSR count). The van der Waals surface area contributed by atoms with Crippen LogP contribution in [-0.4, -0.2) is 31.7 Å². The van der Waals surface area contributed by atoms with Crippen molar-refractivity contribution in [1.29, 1.82) is 0 Å². The van der Waals surface area contributed by atoms with Crippen molar-refractivity contribution in [3.63, 3.8) is 0 Å². The number of aryl methyl sites for hydroxylation is 1. The van der Waals surface area contributed by atoms with Crippen molar-refractivity contribution in [3.8, 4) is 0 Å². The molecule has 0 saturated heterocycles. The van der Waals surface area contributed by atoms with Crippen LogP contribution in [0.5, 0.6) is 0 Å². The molecule has 0 aromatic heterocycles. The van der Waals surface area contributed by atoms with Crippen molar-refractivity contribution in [2.45, 2.75) is 6.92 Å². The summed E-state index contributed by atoms with van der Waals surface area (Å²) in [6, 6.07) is 4.58. The molecule has 3 N–H and O–H groups in total. The number of rotatable bonds is 5. The maximum Gasteiger partial charge on any atom is 0.328 e. The molecule has 0 saturated carbocycles. The van der Waals surface area contributed by atoms with E-state index < -0.39 is 21.9 Å². The summed E-state index contributed by atoms with van der Waals surface area (Å²) in [4.78, 5) is 21.6. The van der Waals surface area contributed by atoms with Gasteiger partial charge in [-0.05, 0) is 30.7 Å². The highest BCUT2D eigenvalue weighted by Gasteiger charge is 2.06. The van der Waals surface area contributed by atoms with Gasteiger partial charge >= 0.3 is 5.97 Å². The van der Waals surface area contributed by atoms with Gasteiger partial charge in [-0.3, -0.25) is 9.52 Å². The molecule has 0 spiro atoms.